The molecule has 0 spiro atoms. The van der Waals surface area contributed by atoms with Gasteiger partial charge in [-0.1, -0.05) is 25.1 Å². The molecular formula is C27H26N6O10. The number of fused-ring (bicyclic) bond motifs is 2. The van der Waals surface area contributed by atoms with Crippen molar-refractivity contribution < 1.29 is 44.0 Å². The minimum absolute atomic E-state index is 0.0852. The lowest BCUT2D eigenvalue weighted by Crippen LogP contribution is -2.33. The molecular weight excluding hydrogens is 568 g/mol. The molecule has 2 aromatic heterocycles. The number of hydrogen-bond acceptors (Lipinski definition) is 13. The van der Waals surface area contributed by atoms with Crippen molar-refractivity contribution in [3.05, 3.63) is 70.2 Å². The molecule has 6 rings (SSSR count). The molecule has 16 heteroatoms. The van der Waals surface area contributed by atoms with Crippen LogP contribution in [0.1, 0.15) is 30.3 Å². The van der Waals surface area contributed by atoms with E-state index >= 15 is 0 Å². The highest BCUT2D eigenvalue weighted by Gasteiger charge is 2.44. The molecule has 0 saturated carbocycles. The summed E-state index contributed by atoms with van der Waals surface area (Å²) in [6, 6.07) is 11.5. The van der Waals surface area contributed by atoms with Gasteiger partial charge in [0.15, 0.2) is 30.0 Å². The molecule has 0 bridgehead atoms. The van der Waals surface area contributed by atoms with Gasteiger partial charge in [0.05, 0.1) is 29.6 Å². The van der Waals surface area contributed by atoms with Crippen molar-refractivity contribution >= 4 is 28.7 Å². The predicted molar refractivity (Wildman–Crippen MR) is 146 cm³/mol. The van der Waals surface area contributed by atoms with E-state index in [-0.39, 0.29) is 53.2 Å². The number of ether oxygens (including phenoxy) is 4. The first-order valence-electron chi connectivity index (χ1n) is 13.2. The van der Waals surface area contributed by atoms with Crippen molar-refractivity contribution in [3.8, 4) is 17.2 Å². The average Bonchev–Trinajstić information content (AvgIpc) is 3.72. The Labute approximate surface area is 242 Å². The van der Waals surface area contributed by atoms with Gasteiger partial charge in [0.2, 0.25) is 12.7 Å². The number of aromatic nitrogens is 4. The number of amides is 1. The number of carbonyl (C=O) groups excluding carboxylic acids is 1. The number of rotatable bonds is 9. The molecule has 1 saturated heterocycles. The first-order valence-corrected chi connectivity index (χ1v) is 13.2. The Morgan fingerprint density at radius 1 is 1.19 bits per heavy atom. The molecule has 2 aliphatic rings. The van der Waals surface area contributed by atoms with Gasteiger partial charge in [-0.25, -0.2) is 9.97 Å². The normalized spacial score (nSPS) is 21.6. The molecule has 0 radical (unpaired) electrons. The summed E-state index contributed by atoms with van der Waals surface area (Å²) in [5, 5.41) is 45.1. The monoisotopic (exact) mass is 594 g/mol. The van der Waals surface area contributed by atoms with Crippen molar-refractivity contribution in [1.82, 2.24) is 19.5 Å². The first kappa shape index (κ1) is 28.2. The number of anilines is 1. The molecule has 2 aromatic carbocycles. The number of aliphatic hydroxyl groups excluding tert-OH is 3. The first-order chi connectivity index (χ1) is 20.7. The Kier molecular flexibility index (Phi) is 7.49. The van der Waals surface area contributed by atoms with Crippen LogP contribution in [0.3, 0.4) is 0 Å². The molecule has 1 fully saturated rings. The van der Waals surface area contributed by atoms with Crippen LogP contribution in [0.25, 0.3) is 11.2 Å². The van der Waals surface area contributed by atoms with Crippen molar-refractivity contribution in [1.29, 1.82) is 0 Å². The molecule has 224 valence electrons. The van der Waals surface area contributed by atoms with Gasteiger partial charge in [0.25, 0.3) is 11.6 Å². The number of nitrogens with one attached hydrogen (secondary N) is 1. The number of aliphatic hydroxyl groups is 3. The second-order valence-electron chi connectivity index (χ2n) is 9.88. The Balaban J connectivity index is 1.41. The van der Waals surface area contributed by atoms with E-state index < -0.39 is 47.9 Å². The van der Waals surface area contributed by atoms with E-state index in [1.807, 2.05) is 0 Å². The minimum atomic E-state index is -1.45. The number of benzene rings is 2. The Morgan fingerprint density at radius 2 is 1.93 bits per heavy atom. The molecule has 1 amide bonds. The summed E-state index contributed by atoms with van der Waals surface area (Å²) in [4.78, 5) is 37.6. The largest absolute Gasteiger partial charge is 0.484 e. The topological polar surface area (TPSA) is 213 Å². The van der Waals surface area contributed by atoms with Crippen LogP contribution in [0.4, 0.5) is 11.6 Å². The van der Waals surface area contributed by atoms with Crippen LogP contribution in [-0.2, 0) is 9.53 Å². The van der Waals surface area contributed by atoms with Crippen LogP contribution >= 0.6 is 0 Å². The molecule has 2 aliphatic heterocycles. The van der Waals surface area contributed by atoms with Gasteiger partial charge in [-0.2, -0.15) is 4.98 Å². The molecule has 5 atom stereocenters. The lowest BCUT2D eigenvalue weighted by molar-refractivity contribution is -0.385. The number of hydrogen-bond donors (Lipinski definition) is 4. The average molecular weight is 595 g/mol. The van der Waals surface area contributed by atoms with E-state index in [1.165, 1.54) is 23.0 Å². The quantitative estimate of drug-likeness (QED) is 0.159. The SMILES string of the molecule is CC(c1cc2c(cc1[N+](=O)[O-])OCO2)c1nc(NC(=O)COc2ccccc2)nc2c1ncn2[C@@H]1O[C@H](CO)[C@@H](O)[C@H]1O. The van der Waals surface area contributed by atoms with Gasteiger partial charge in [0, 0.05) is 11.5 Å². The summed E-state index contributed by atoms with van der Waals surface area (Å²) in [5.74, 6) is -0.523. The molecule has 1 unspecified atom stereocenters. The number of imidazole rings is 1. The molecule has 4 N–H and O–H groups in total. The van der Waals surface area contributed by atoms with E-state index in [0.717, 1.165) is 0 Å². The Morgan fingerprint density at radius 3 is 2.63 bits per heavy atom. The van der Waals surface area contributed by atoms with Gasteiger partial charge >= 0.3 is 0 Å². The maximum atomic E-state index is 12.8. The lowest BCUT2D eigenvalue weighted by Gasteiger charge is -2.18. The fourth-order valence-electron chi connectivity index (χ4n) is 5.02. The molecule has 43 heavy (non-hydrogen) atoms. The standard InChI is InChI=1S/C27H26N6O10/c1-13(15-7-17-18(42-12-41-17)8-16(15)33(38)39)21-22-25(32(11-28-22)26-24(37)23(36)19(9-34)43-26)31-27(30-21)29-20(35)10-40-14-5-3-2-4-6-14/h2-8,11,13,19,23-24,26,34,36-37H,9-10,12H2,1H3,(H,29,30,31,35)/t13?,19-,23-,24-,26-/m1/s1. The zero-order chi connectivity index (χ0) is 30.2. The van der Waals surface area contributed by atoms with Gasteiger partial charge in [-0.3, -0.25) is 24.8 Å². The van der Waals surface area contributed by atoms with Crippen LogP contribution in [0, 0.1) is 10.1 Å². The Bertz CT molecular complexity index is 1680. The summed E-state index contributed by atoms with van der Waals surface area (Å²) in [6.45, 7) is 0.674. The molecule has 16 nitrogen and oxygen atoms in total. The summed E-state index contributed by atoms with van der Waals surface area (Å²) in [6.07, 6.45) is -3.80. The summed E-state index contributed by atoms with van der Waals surface area (Å²) >= 11 is 0. The fraction of sp³-hybridized carbons (Fsp3) is 0.333. The maximum Gasteiger partial charge on any atom is 0.277 e. The maximum absolute atomic E-state index is 12.8. The predicted octanol–water partition coefficient (Wildman–Crippen LogP) is 1.24. The third-order valence-electron chi connectivity index (χ3n) is 7.20. The van der Waals surface area contributed by atoms with Crippen molar-refractivity contribution in [2.45, 2.75) is 37.4 Å². The van der Waals surface area contributed by atoms with Crippen LogP contribution in [0.2, 0.25) is 0 Å². The van der Waals surface area contributed by atoms with Gasteiger partial charge in [-0.05, 0) is 18.2 Å². The van der Waals surface area contributed by atoms with E-state index in [0.29, 0.717) is 11.5 Å². The van der Waals surface area contributed by atoms with Crippen LogP contribution in [-0.4, -0.2) is 84.0 Å². The number of nitro benzene ring substituents is 1. The van der Waals surface area contributed by atoms with Crippen LogP contribution in [0.5, 0.6) is 17.2 Å². The smallest absolute Gasteiger partial charge is 0.277 e. The third-order valence-corrected chi connectivity index (χ3v) is 7.20. The number of nitrogens with zero attached hydrogens (tertiary/aromatic N) is 5. The zero-order valence-corrected chi connectivity index (χ0v) is 22.6. The zero-order valence-electron chi connectivity index (χ0n) is 22.6. The van der Waals surface area contributed by atoms with E-state index in [2.05, 4.69) is 20.3 Å². The van der Waals surface area contributed by atoms with Crippen molar-refractivity contribution in [2.24, 2.45) is 0 Å². The highest BCUT2D eigenvalue weighted by molar-refractivity contribution is 5.91. The van der Waals surface area contributed by atoms with Gasteiger partial charge < -0.3 is 34.3 Å². The van der Waals surface area contributed by atoms with Gasteiger partial charge in [0.1, 0.15) is 29.6 Å². The lowest BCUT2D eigenvalue weighted by atomic mass is 9.94. The van der Waals surface area contributed by atoms with E-state index in [4.69, 9.17) is 18.9 Å². The summed E-state index contributed by atoms with van der Waals surface area (Å²) < 4.78 is 23.3. The second kappa shape index (κ2) is 11.4. The highest BCUT2D eigenvalue weighted by atomic mass is 16.7. The number of carbonyl (C=O) groups is 1. The fourth-order valence-corrected chi connectivity index (χ4v) is 5.02. The van der Waals surface area contributed by atoms with E-state index in [9.17, 15) is 30.2 Å². The van der Waals surface area contributed by atoms with Crippen molar-refractivity contribution in [3.63, 3.8) is 0 Å². The number of para-hydroxylation sites is 1. The van der Waals surface area contributed by atoms with Crippen LogP contribution in [0.15, 0.2) is 48.8 Å². The number of nitro groups is 1. The second-order valence-corrected chi connectivity index (χ2v) is 9.88. The third kappa shape index (κ3) is 5.27. The minimum Gasteiger partial charge on any atom is -0.484 e. The van der Waals surface area contributed by atoms with Gasteiger partial charge in [-0.15, -0.1) is 0 Å². The molecule has 4 aromatic rings. The van der Waals surface area contributed by atoms with Crippen LogP contribution < -0.4 is 19.5 Å². The Hall–Kier alpha value is -4.90. The van der Waals surface area contributed by atoms with Crippen molar-refractivity contribution in [2.75, 3.05) is 25.3 Å². The molecule has 0 aliphatic carbocycles. The van der Waals surface area contributed by atoms with E-state index in [1.54, 1.807) is 37.3 Å². The highest BCUT2D eigenvalue weighted by Crippen LogP contribution is 2.43. The molecule has 4 heterocycles. The summed E-state index contributed by atoms with van der Waals surface area (Å²) in [7, 11) is 0. The summed E-state index contributed by atoms with van der Waals surface area (Å²) in [5.41, 5.74) is 0.483.